The van der Waals surface area contributed by atoms with Crippen LogP contribution in [0.5, 0.6) is 5.75 Å². The summed E-state index contributed by atoms with van der Waals surface area (Å²) in [6, 6.07) is 21.2. The zero-order valence-corrected chi connectivity index (χ0v) is 18.9. The summed E-state index contributed by atoms with van der Waals surface area (Å²) in [7, 11) is -4.00. The van der Waals surface area contributed by atoms with Gasteiger partial charge < -0.3 is 9.84 Å². The number of aryl methyl sites for hydroxylation is 2. The van der Waals surface area contributed by atoms with Crippen LogP contribution in [0.4, 0.5) is 0 Å². The highest BCUT2D eigenvalue weighted by Crippen LogP contribution is 2.17. The first-order valence-electron chi connectivity index (χ1n) is 10.4. The Labute approximate surface area is 193 Å². The monoisotopic (exact) mass is 467 g/mol. The van der Waals surface area contributed by atoms with E-state index in [1.807, 2.05) is 18.2 Å². The molecule has 2 N–H and O–H groups in total. The number of carbonyl (C=O) groups is 2. The van der Waals surface area contributed by atoms with Crippen LogP contribution in [0.3, 0.4) is 0 Å². The van der Waals surface area contributed by atoms with Gasteiger partial charge in [-0.1, -0.05) is 54.6 Å². The van der Waals surface area contributed by atoms with Crippen LogP contribution in [0.2, 0.25) is 0 Å². The maximum Gasteiger partial charge on any atom is 0.322 e. The van der Waals surface area contributed by atoms with Gasteiger partial charge in [0.1, 0.15) is 11.8 Å². The summed E-state index contributed by atoms with van der Waals surface area (Å²) in [5.74, 6) is -1.12. The second kappa shape index (κ2) is 10.9. The molecule has 7 nitrogen and oxygen atoms in total. The molecule has 0 aliphatic rings. The lowest BCUT2D eigenvalue weighted by Crippen LogP contribution is -2.42. The predicted octanol–water partition coefficient (Wildman–Crippen LogP) is 3.37. The molecule has 8 heteroatoms. The van der Waals surface area contributed by atoms with Crippen molar-refractivity contribution in [2.45, 2.75) is 37.1 Å². The van der Waals surface area contributed by atoms with E-state index < -0.39 is 22.0 Å². The average Bonchev–Trinajstić information content (AvgIpc) is 2.78. The highest BCUT2D eigenvalue weighted by atomic mass is 32.2. The van der Waals surface area contributed by atoms with Crippen molar-refractivity contribution in [2.24, 2.45) is 0 Å². The Bertz CT molecular complexity index is 1190. The second-order valence-corrected chi connectivity index (χ2v) is 9.30. The summed E-state index contributed by atoms with van der Waals surface area (Å²) >= 11 is 0. The number of nitrogens with one attached hydrogen (secondary N) is 1. The zero-order valence-electron chi connectivity index (χ0n) is 18.1. The van der Waals surface area contributed by atoms with Crippen molar-refractivity contribution in [1.29, 1.82) is 0 Å². The Morgan fingerprint density at radius 1 is 0.848 bits per heavy atom. The molecule has 3 aromatic rings. The van der Waals surface area contributed by atoms with Gasteiger partial charge in [-0.3, -0.25) is 9.59 Å². The van der Waals surface area contributed by atoms with E-state index in [0.29, 0.717) is 12.2 Å². The minimum atomic E-state index is -4.00. The number of hydrogen-bond donors (Lipinski definition) is 2. The predicted molar refractivity (Wildman–Crippen MR) is 123 cm³/mol. The molecule has 0 bridgehead atoms. The number of carboxylic acids is 1. The summed E-state index contributed by atoms with van der Waals surface area (Å²) in [5, 5.41) is 9.48. The molecule has 0 saturated carbocycles. The van der Waals surface area contributed by atoms with Crippen molar-refractivity contribution >= 4 is 22.0 Å². The van der Waals surface area contributed by atoms with E-state index in [1.54, 1.807) is 48.5 Å². The fraction of sp³-hybridized carbons (Fsp3) is 0.200. The van der Waals surface area contributed by atoms with Crippen molar-refractivity contribution in [3.8, 4) is 5.75 Å². The topological polar surface area (TPSA) is 110 Å². The highest BCUT2D eigenvalue weighted by molar-refractivity contribution is 7.89. The normalized spacial score (nSPS) is 12.2. The van der Waals surface area contributed by atoms with Gasteiger partial charge in [-0.2, -0.15) is 4.72 Å². The fourth-order valence-corrected chi connectivity index (χ4v) is 4.49. The second-order valence-electron chi connectivity index (χ2n) is 7.58. The molecule has 33 heavy (non-hydrogen) atoms. The number of ether oxygens (including phenoxy) is 1. The Hall–Kier alpha value is -3.49. The first kappa shape index (κ1) is 24.2. The van der Waals surface area contributed by atoms with Crippen LogP contribution in [0.25, 0.3) is 0 Å². The number of aliphatic carboxylic acids is 1. The lowest BCUT2D eigenvalue weighted by Gasteiger charge is -2.15. The number of rotatable bonds is 10. The molecule has 3 rings (SSSR count). The van der Waals surface area contributed by atoms with Crippen molar-refractivity contribution in [3.63, 3.8) is 0 Å². The molecule has 0 aliphatic carbocycles. The van der Waals surface area contributed by atoms with Gasteiger partial charge in [0.15, 0.2) is 0 Å². The Balaban J connectivity index is 1.61. The van der Waals surface area contributed by atoms with Gasteiger partial charge >= 0.3 is 11.9 Å². The number of carbonyl (C=O) groups excluding carboxylic acids is 1. The number of carboxylic acid groups (broad SMARTS) is 1. The lowest BCUT2D eigenvalue weighted by molar-refractivity contribution is -0.139. The van der Waals surface area contributed by atoms with Gasteiger partial charge in [0.2, 0.25) is 10.0 Å². The molecule has 0 spiro atoms. The third-order valence-electron chi connectivity index (χ3n) is 5.00. The number of hydrogen-bond acceptors (Lipinski definition) is 5. The SMILES string of the molecule is CC(=O)Oc1ccc(CCc2ccc(S(=O)(=O)N[C@@H](Cc3ccccc3)C(=O)O)cc2)cc1. The van der Waals surface area contributed by atoms with Crippen molar-refractivity contribution in [3.05, 3.63) is 95.6 Å². The van der Waals surface area contributed by atoms with Gasteiger partial charge in [-0.05, 0) is 60.2 Å². The molecule has 1 atom stereocenters. The van der Waals surface area contributed by atoms with Crippen LogP contribution in [0.15, 0.2) is 83.8 Å². The molecule has 0 saturated heterocycles. The summed E-state index contributed by atoms with van der Waals surface area (Å²) in [5.41, 5.74) is 2.72. The molecular formula is C25H25NO6S. The van der Waals surface area contributed by atoms with E-state index in [4.69, 9.17) is 4.74 Å². The zero-order chi connectivity index (χ0) is 23.8. The molecule has 0 radical (unpaired) electrons. The molecule has 0 heterocycles. The van der Waals surface area contributed by atoms with Crippen LogP contribution < -0.4 is 9.46 Å². The Kier molecular flexibility index (Phi) is 7.97. The molecular weight excluding hydrogens is 442 g/mol. The maximum absolute atomic E-state index is 12.7. The van der Waals surface area contributed by atoms with Crippen LogP contribution >= 0.6 is 0 Å². The van der Waals surface area contributed by atoms with E-state index in [2.05, 4.69) is 4.72 Å². The third-order valence-corrected chi connectivity index (χ3v) is 6.49. The van der Waals surface area contributed by atoms with Gasteiger partial charge in [0.05, 0.1) is 4.90 Å². The van der Waals surface area contributed by atoms with Crippen LogP contribution in [-0.2, 0) is 38.9 Å². The van der Waals surface area contributed by atoms with Crippen molar-refractivity contribution in [1.82, 2.24) is 4.72 Å². The lowest BCUT2D eigenvalue weighted by atomic mass is 10.0. The summed E-state index contributed by atoms with van der Waals surface area (Å²) in [6.45, 7) is 1.35. The number of esters is 1. The molecule has 0 aliphatic heterocycles. The molecule has 0 unspecified atom stereocenters. The van der Waals surface area contributed by atoms with Crippen molar-refractivity contribution in [2.75, 3.05) is 0 Å². The van der Waals surface area contributed by atoms with E-state index >= 15 is 0 Å². The number of benzene rings is 3. The average molecular weight is 468 g/mol. The molecule has 0 aromatic heterocycles. The molecule has 172 valence electrons. The Morgan fingerprint density at radius 3 is 1.91 bits per heavy atom. The van der Waals surface area contributed by atoms with E-state index in [9.17, 15) is 23.1 Å². The van der Waals surface area contributed by atoms with E-state index in [0.717, 1.165) is 23.1 Å². The van der Waals surface area contributed by atoms with Gasteiger partial charge in [0, 0.05) is 6.92 Å². The quantitative estimate of drug-likeness (QED) is 0.349. The fourth-order valence-electron chi connectivity index (χ4n) is 3.30. The summed E-state index contributed by atoms with van der Waals surface area (Å²) in [6.07, 6.45) is 1.46. The van der Waals surface area contributed by atoms with Gasteiger partial charge in [0.25, 0.3) is 0 Å². The van der Waals surface area contributed by atoms with Gasteiger partial charge in [-0.15, -0.1) is 0 Å². The smallest absolute Gasteiger partial charge is 0.322 e. The van der Waals surface area contributed by atoms with Crippen molar-refractivity contribution < 1.29 is 27.9 Å². The van der Waals surface area contributed by atoms with E-state index in [1.165, 1.54) is 19.1 Å². The summed E-state index contributed by atoms with van der Waals surface area (Å²) < 4.78 is 32.8. The van der Waals surface area contributed by atoms with Crippen LogP contribution in [-0.4, -0.2) is 31.5 Å². The molecule has 0 fully saturated rings. The molecule has 0 amide bonds. The Morgan fingerprint density at radius 2 is 1.39 bits per heavy atom. The molecule has 3 aromatic carbocycles. The third kappa shape index (κ3) is 7.27. The largest absolute Gasteiger partial charge is 0.480 e. The standard InChI is InChI=1S/C25H25NO6S/c1-18(27)32-22-13-9-19(10-14-22)7-8-20-11-15-23(16-12-20)33(30,31)26-24(25(28)29)17-21-5-3-2-4-6-21/h2-6,9-16,24,26H,7-8,17H2,1H3,(H,28,29)/t24-/m0/s1. The minimum absolute atomic E-state index is 0.0105. The van der Waals surface area contributed by atoms with Crippen LogP contribution in [0.1, 0.15) is 23.6 Å². The maximum atomic E-state index is 12.7. The first-order valence-corrected chi connectivity index (χ1v) is 11.9. The van der Waals surface area contributed by atoms with Crippen LogP contribution in [0, 0.1) is 0 Å². The summed E-state index contributed by atoms with van der Waals surface area (Å²) in [4.78, 5) is 22.6. The highest BCUT2D eigenvalue weighted by Gasteiger charge is 2.25. The first-order chi connectivity index (χ1) is 15.7. The minimum Gasteiger partial charge on any atom is -0.480 e. The number of sulfonamides is 1. The van der Waals surface area contributed by atoms with Gasteiger partial charge in [-0.25, -0.2) is 8.42 Å². The van der Waals surface area contributed by atoms with E-state index in [-0.39, 0.29) is 17.3 Å².